The molecule has 0 bridgehead atoms. The second-order valence-electron chi connectivity index (χ2n) is 4.51. The standard InChI is InChI=1S/C13H19ClN2O/c1-8(2)6-7-17-13-10(5)11(14)15-12(16-13)9(3)4/h9H,1,6-7H2,2-5H3. The molecule has 0 radical (unpaired) electrons. The zero-order valence-electron chi connectivity index (χ0n) is 10.9. The van der Waals surface area contributed by atoms with Crippen molar-refractivity contribution in [2.24, 2.45) is 0 Å². The van der Waals surface area contributed by atoms with Crippen LogP contribution in [0.3, 0.4) is 0 Å². The fourth-order valence-electron chi connectivity index (χ4n) is 1.21. The third-order valence-electron chi connectivity index (χ3n) is 2.34. The topological polar surface area (TPSA) is 35.0 Å². The third-order valence-corrected chi connectivity index (χ3v) is 2.71. The summed E-state index contributed by atoms with van der Waals surface area (Å²) in [6, 6.07) is 0. The van der Waals surface area contributed by atoms with Crippen LogP contribution in [0.5, 0.6) is 5.88 Å². The summed E-state index contributed by atoms with van der Waals surface area (Å²) in [6.45, 7) is 12.3. The first-order valence-electron chi connectivity index (χ1n) is 5.73. The predicted molar refractivity (Wildman–Crippen MR) is 70.8 cm³/mol. The van der Waals surface area contributed by atoms with Crippen LogP contribution in [0, 0.1) is 6.92 Å². The molecule has 0 aromatic carbocycles. The molecule has 0 aliphatic heterocycles. The van der Waals surface area contributed by atoms with Gasteiger partial charge in [0.05, 0.1) is 6.61 Å². The first-order chi connectivity index (χ1) is 7.91. The van der Waals surface area contributed by atoms with Gasteiger partial charge in [-0.25, -0.2) is 4.98 Å². The van der Waals surface area contributed by atoms with Gasteiger partial charge in [0.25, 0.3) is 0 Å². The number of aromatic nitrogens is 2. The van der Waals surface area contributed by atoms with Crippen molar-refractivity contribution in [1.29, 1.82) is 0 Å². The minimum Gasteiger partial charge on any atom is -0.477 e. The normalized spacial score (nSPS) is 10.7. The molecule has 0 saturated carbocycles. The largest absolute Gasteiger partial charge is 0.477 e. The molecule has 94 valence electrons. The second-order valence-corrected chi connectivity index (χ2v) is 4.87. The summed E-state index contributed by atoms with van der Waals surface area (Å²) in [7, 11) is 0. The van der Waals surface area contributed by atoms with Gasteiger partial charge in [-0.05, 0) is 13.8 Å². The van der Waals surface area contributed by atoms with Gasteiger partial charge in [-0.1, -0.05) is 31.0 Å². The molecule has 4 heteroatoms. The van der Waals surface area contributed by atoms with Gasteiger partial charge in [0.15, 0.2) is 0 Å². The average Bonchev–Trinajstić information content (AvgIpc) is 2.23. The van der Waals surface area contributed by atoms with Crippen LogP contribution in [0.1, 0.15) is 44.5 Å². The lowest BCUT2D eigenvalue weighted by molar-refractivity contribution is 0.304. The maximum absolute atomic E-state index is 6.06. The fourth-order valence-corrected chi connectivity index (χ4v) is 1.37. The van der Waals surface area contributed by atoms with Gasteiger partial charge in [0.2, 0.25) is 5.88 Å². The van der Waals surface area contributed by atoms with Gasteiger partial charge in [-0.2, -0.15) is 4.98 Å². The molecule has 0 fully saturated rings. The van der Waals surface area contributed by atoms with Gasteiger partial charge in [0.1, 0.15) is 11.0 Å². The van der Waals surface area contributed by atoms with Crippen LogP contribution in [-0.4, -0.2) is 16.6 Å². The Bertz CT molecular complexity index is 416. The first-order valence-corrected chi connectivity index (χ1v) is 6.10. The van der Waals surface area contributed by atoms with Gasteiger partial charge >= 0.3 is 0 Å². The lowest BCUT2D eigenvalue weighted by Gasteiger charge is -2.12. The number of rotatable bonds is 5. The van der Waals surface area contributed by atoms with Crippen molar-refractivity contribution in [2.75, 3.05) is 6.61 Å². The summed E-state index contributed by atoms with van der Waals surface area (Å²) < 4.78 is 5.62. The van der Waals surface area contributed by atoms with E-state index in [1.54, 1.807) is 0 Å². The van der Waals surface area contributed by atoms with E-state index in [1.165, 1.54) is 0 Å². The van der Waals surface area contributed by atoms with E-state index in [-0.39, 0.29) is 5.92 Å². The maximum Gasteiger partial charge on any atom is 0.221 e. The highest BCUT2D eigenvalue weighted by atomic mass is 35.5. The molecule has 0 atom stereocenters. The van der Waals surface area contributed by atoms with Crippen molar-refractivity contribution in [2.45, 2.75) is 40.0 Å². The average molecular weight is 255 g/mol. The smallest absolute Gasteiger partial charge is 0.221 e. The summed E-state index contributed by atoms with van der Waals surface area (Å²) in [6.07, 6.45) is 0.818. The lowest BCUT2D eigenvalue weighted by atomic mass is 10.2. The van der Waals surface area contributed by atoms with Crippen LogP contribution in [0.4, 0.5) is 0 Å². The zero-order chi connectivity index (χ0) is 13.0. The summed E-state index contributed by atoms with van der Waals surface area (Å²) >= 11 is 6.06. The molecule has 1 aromatic rings. The molecule has 0 unspecified atom stereocenters. The molecule has 3 nitrogen and oxygen atoms in total. The minimum atomic E-state index is 0.233. The van der Waals surface area contributed by atoms with E-state index in [0.717, 1.165) is 17.6 Å². The Morgan fingerprint density at radius 1 is 1.41 bits per heavy atom. The van der Waals surface area contributed by atoms with E-state index >= 15 is 0 Å². The Morgan fingerprint density at radius 2 is 2.06 bits per heavy atom. The van der Waals surface area contributed by atoms with Gasteiger partial charge in [-0.15, -0.1) is 6.58 Å². The summed E-state index contributed by atoms with van der Waals surface area (Å²) in [5.74, 6) is 1.53. The number of nitrogens with zero attached hydrogens (tertiary/aromatic N) is 2. The van der Waals surface area contributed by atoms with E-state index in [4.69, 9.17) is 16.3 Å². The SMILES string of the molecule is C=C(C)CCOc1nc(C(C)C)nc(Cl)c1C. The number of hydrogen-bond acceptors (Lipinski definition) is 3. The fraction of sp³-hybridized carbons (Fsp3) is 0.538. The monoisotopic (exact) mass is 254 g/mol. The molecule has 0 spiro atoms. The Balaban J connectivity index is 2.86. The quantitative estimate of drug-likeness (QED) is 0.590. The van der Waals surface area contributed by atoms with Crippen molar-refractivity contribution >= 4 is 11.6 Å². The van der Waals surface area contributed by atoms with E-state index in [9.17, 15) is 0 Å². The number of hydrogen-bond donors (Lipinski definition) is 0. The van der Waals surface area contributed by atoms with E-state index in [0.29, 0.717) is 23.5 Å². The number of ether oxygens (including phenoxy) is 1. The molecule has 0 amide bonds. The summed E-state index contributed by atoms with van der Waals surface area (Å²) in [4.78, 5) is 8.61. The zero-order valence-corrected chi connectivity index (χ0v) is 11.6. The molecule has 0 saturated heterocycles. The second kappa shape index (κ2) is 6.01. The molecule has 1 aromatic heterocycles. The molecule has 0 aliphatic carbocycles. The van der Waals surface area contributed by atoms with Crippen LogP contribution in [0.25, 0.3) is 0 Å². The minimum absolute atomic E-state index is 0.233. The summed E-state index contributed by atoms with van der Waals surface area (Å²) in [5, 5.41) is 0.467. The first kappa shape index (κ1) is 14.0. The maximum atomic E-state index is 6.06. The highest BCUT2D eigenvalue weighted by Crippen LogP contribution is 2.24. The van der Waals surface area contributed by atoms with Crippen molar-refractivity contribution < 1.29 is 4.74 Å². The molecule has 1 rings (SSSR count). The highest BCUT2D eigenvalue weighted by Gasteiger charge is 2.12. The molecule has 0 N–H and O–H groups in total. The van der Waals surface area contributed by atoms with Crippen LogP contribution < -0.4 is 4.74 Å². The van der Waals surface area contributed by atoms with E-state index in [2.05, 4.69) is 16.5 Å². The third kappa shape index (κ3) is 4.00. The Morgan fingerprint density at radius 3 is 2.59 bits per heavy atom. The molecular weight excluding hydrogens is 236 g/mol. The summed E-state index contributed by atoms with van der Waals surface area (Å²) in [5.41, 5.74) is 1.88. The highest BCUT2D eigenvalue weighted by molar-refractivity contribution is 6.30. The lowest BCUT2D eigenvalue weighted by Crippen LogP contribution is -2.06. The van der Waals surface area contributed by atoms with Crippen LogP contribution >= 0.6 is 11.6 Å². The van der Waals surface area contributed by atoms with E-state index < -0.39 is 0 Å². The Labute approximate surface area is 108 Å². The van der Waals surface area contributed by atoms with Crippen LogP contribution in [0.2, 0.25) is 5.15 Å². The molecule has 17 heavy (non-hydrogen) atoms. The molecular formula is C13H19ClN2O. The van der Waals surface area contributed by atoms with Crippen molar-refractivity contribution in [1.82, 2.24) is 9.97 Å². The Kier molecular flexibility index (Phi) is 4.94. The van der Waals surface area contributed by atoms with Gasteiger partial charge in [0, 0.05) is 17.9 Å². The predicted octanol–water partition coefficient (Wildman–Crippen LogP) is 3.91. The van der Waals surface area contributed by atoms with Crippen molar-refractivity contribution in [3.05, 3.63) is 28.7 Å². The number of halogens is 1. The molecule has 0 aliphatic rings. The van der Waals surface area contributed by atoms with Gasteiger partial charge < -0.3 is 4.74 Å². The van der Waals surface area contributed by atoms with E-state index in [1.807, 2.05) is 27.7 Å². The van der Waals surface area contributed by atoms with Crippen molar-refractivity contribution in [3.63, 3.8) is 0 Å². The van der Waals surface area contributed by atoms with Crippen molar-refractivity contribution in [3.8, 4) is 5.88 Å². The molecule has 1 heterocycles. The Hall–Kier alpha value is -1.09. The van der Waals surface area contributed by atoms with Gasteiger partial charge in [-0.3, -0.25) is 0 Å². The van der Waals surface area contributed by atoms with Crippen LogP contribution in [0.15, 0.2) is 12.2 Å². The van der Waals surface area contributed by atoms with Crippen LogP contribution in [-0.2, 0) is 0 Å².